The lowest BCUT2D eigenvalue weighted by Gasteiger charge is -2.30. The van der Waals surface area contributed by atoms with Gasteiger partial charge in [0, 0.05) is 44.6 Å². The maximum absolute atomic E-state index is 6.30. The first-order chi connectivity index (χ1) is 27.3. The highest BCUT2D eigenvalue weighted by atomic mass is 16.3. The summed E-state index contributed by atoms with van der Waals surface area (Å²) in [5.74, 6) is 0. The lowest BCUT2D eigenvalue weighted by atomic mass is 9.94. The van der Waals surface area contributed by atoms with Gasteiger partial charge in [-0.25, -0.2) is 0 Å². The Morgan fingerprint density at radius 1 is 0.291 bits per heavy atom. The van der Waals surface area contributed by atoms with Crippen molar-refractivity contribution in [1.29, 1.82) is 0 Å². The van der Waals surface area contributed by atoms with E-state index in [0.717, 1.165) is 72.4 Å². The predicted octanol–water partition coefficient (Wildman–Crippen LogP) is 15.0. The van der Waals surface area contributed by atoms with Crippen molar-refractivity contribution in [3.63, 3.8) is 0 Å². The van der Waals surface area contributed by atoms with E-state index in [1.54, 1.807) is 0 Å². The van der Waals surface area contributed by atoms with Crippen molar-refractivity contribution in [2.45, 2.75) is 0 Å². The van der Waals surface area contributed by atoms with Crippen LogP contribution >= 0.6 is 0 Å². The van der Waals surface area contributed by atoms with E-state index in [1.165, 1.54) is 16.7 Å². The van der Waals surface area contributed by atoms with Crippen molar-refractivity contribution in [1.82, 2.24) is 0 Å². The molecule has 55 heavy (non-hydrogen) atoms. The molecule has 0 unspecified atom stereocenters. The first-order valence-corrected chi connectivity index (χ1v) is 18.7. The van der Waals surface area contributed by atoms with Crippen LogP contribution in [-0.4, -0.2) is 0 Å². The second-order valence-corrected chi connectivity index (χ2v) is 13.7. The lowest BCUT2D eigenvalue weighted by Crippen LogP contribution is -2.13. The molecule has 10 aromatic rings. The molecule has 0 N–H and O–H groups in total. The molecule has 0 bridgehead atoms. The summed E-state index contributed by atoms with van der Waals surface area (Å²) >= 11 is 0. The Morgan fingerprint density at radius 2 is 0.800 bits per heavy atom. The van der Waals surface area contributed by atoms with Crippen LogP contribution < -0.4 is 9.80 Å². The zero-order valence-corrected chi connectivity index (χ0v) is 30.1. The summed E-state index contributed by atoms with van der Waals surface area (Å²) in [4.78, 5) is 4.72. The maximum atomic E-state index is 6.30. The van der Waals surface area contributed by atoms with Crippen LogP contribution in [0, 0.1) is 0 Å². The van der Waals surface area contributed by atoms with Crippen LogP contribution in [0.5, 0.6) is 0 Å². The van der Waals surface area contributed by atoms with Crippen LogP contribution in [0.2, 0.25) is 0 Å². The summed E-state index contributed by atoms with van der Waals surface area (Å²) in [5.41, 5.74) is 13.0. The number of benzene rings is 9. The van der Waals surface area contributed by atoms with E-state index in [4.69, 9.17) is 4.42 Å². The molecule has 1 aromatic heterocycles. The number of fused-ring (bicyclic) bond motifs is 5. The molecule has 0 aliphatic carbocycles. The third-order valence-corrected chi connectivity index (χ3v) is 10.4. The van der Waals surface area contributed by atoms with Gasteiger partial charge in [0.2, 0.25) is 0 Å². The standard InChI is InChI=1S/C52H36N2O/c1-4-17-37(18-5-1)44-27-10-11-28-45(44)38-19-14-24-41(35-38)53(39-20-6-2-7-21-39)42-25-15-26-43(36-42)54(40-22-8-3-9-23-40)49-31-16-30-47-46(49)33-34-51-52(47)48-29-12-13-32-50(48)55-51/h1-36H. The predicted molar refractivity (Wildman–Crippen MR) is 231 cm³/mol. The Bertz CT molecular complexity index is 2930. The number of furan rings is 1. The van der Waals surface area contributed by atoms with Gasteiger partial charge in [-0.1, -0.05) is 140 Å². The van der Waals surface area contributed by atoms with Gasteiger partial charge in [0.05, 0.1) is 5.69 Å². The molecule has 9 aromatic carbocycles. The second kappa shape index (κ2) is 13.9. The van der Waals surface area contributed by atoms with Crippen LogP contribution in [0.15, 0.2) is 223 Å². The van der Waals surface area contributed by atoms with Crippen LogP contribution in [0.4, 0.5) is 34.1 Å². The van der Waals surface area contributed by atoms with Crippen molar-refractivity contribution >= 4 is 66.8 Å². The Kier molecular flexibility index (Phi) is 8.16. The zero-order chi connectivity index (χ0) is 36.6. The molecule has 0 radical (unpaired) electrons. The molecule has 3 nitrogen and oxygen atoms in total. The third-order valence-electron chi connectivity index (χ3n) is 10.4. The van der Waals surface area contributed by atoms with E-state index in [-0.39, 0.29) is 0 Å². The van der Waals surface area contributed by atoms with E-state index >= 15 is 0 Å². The molecular weight excluding hydrogens is 669 g/mol. The summed E-state index contributed by atoms with van der Waals surface area (Å²) in [5, 5.41) is 4.58. The Labute approximate surface area is 320 Å². The van der Waals surface area contributed by atoms with E-state index in [1.807, 2.05) is 12.1 Å². The molecule has 260 valence electrons. The number of anilines is 6. The fourth-order valence-electron chi connectivity index (χ4n) is 7.98. The van der Waals surface area contributed by atoms with Crippen LogP contribution in [0.1, 0.15) is 0 Å². The van der Waals surface area contributed by atoms with Gasteiger partial charge in [-0.2, -0.15) is 0 Å². The maximum Gasteiger partial charge on any atom is 0.136 e. The minimum atomic E-state index is 0.895. The van der Waals surface area contributed by atoms with Gasteiger partial charge in [-0.3, -0.25) is 0 Å². The van der Waals surface area contributed by atoms with E-state index in [9.17, 15) is 0 Å². The highest BCUT2D eigenvalue weighted by molar-refractivity contribution is 6.21. The van der Waals surface area contributed by atoms with Crippen molar-refractivity contribution in [3.8, 4) is 22.3 Å². The van der Waals surface area contributed by atoms with E-state index in [0.29, 0.717) is 0 Å². The van der Waals surface area contributed by atoms with Gasteiger partial charge in [0.25, 0.3) is 0 Å². The summed E-state index contributed by atoms with van der Waals surface area (Å²) in [6.07, 6.45) is 0. The quantitative estimate of drug-likeness (QED) is 0.157. The summed E-state index contributed by atoms with van der Waals surface area (Å²) in [7, 11) is 0. The van der Waals surface area contributed by atoms with Crippen molar-refractivity contribution in [2.75, 3.05) is 9.80 Å². The molecule has 0 aliphatic heterocycles. The molecule has 0 fully saturated rings. The molecule has 0 amide bonds. The SMILES string of the molecule is c1ccc(-c2ccccc2-c2cccc(N(c3ccccc3)c3cccc(N(c4ccccc4)c4cccc5c4ccc4oc6ccccc6c45)c3)c2)cc1. The lowest BCUT2D eigenvalue weighted by molar-refractivity contribution is 0.669. The molecular formula is C52H36N2O. The molecule has 10 rings (SSSR count). The molecule has 0 aliphatic rings. The summed E-state index contributed by atoms with van der Waals surface area (Å²) in [6.45, 7) is 0. The first-order valence-electron chi connectivity index (χ1n) is 18.7. The van der Waals surface area contributed by atoms with Gasteiger partial charge >= 0.3 is 0 Å². The second-order valence-electron chi connectivity index (χ2n) is 13.7. The van der Waals surface area contributed by atoms with Crippen LogP contribution in [0.3, 0.4) is 0 Å². The summed E-state index contributed by atoms with van der Waals surface area (Å²) in [6, 6.07) is 77.5. The van der Waals surface area contributed by atoms with Crippen LogP contribution in [-0.2, 0) is 0 Å². The van der Waals surface area contributed by atoms with Gasteiger partial charge in [0.15, 0.2) is 0 Å². The smallest absolute Gasteiger partial charge is 0.136 e. The number of nitrogens with zero attached hydrogens (tertiary/aromatic N) is 2. The number of hydrogen-bond acceptors (Lipinski definition) is 3. The zero-order valence-electron chi connectivity index (χ0n) is 30.1. The normalized spacial score (nSPS) is 11.3. The van der Waals surface area contributed by atoms with Gasteiger partial charge in [-0.15, -0.1) is 0 Å². The van der Waals surface area contributed by atoms with Gasteiger partial charge < -0.3 is 14.2 Å². The Balaban J connectivity index is 1.14. The number of para-hydroxylation sites is 3. The van der Waals surface area contributed by atoms with Gasteiger partial charge in [-0.05, 0) is 107 Å². The van der Waals surface area contributed by atoms with E-state index < -0.39 is 0 Å². The highest BCUT2D eigenvalue weighted by Gasteiger charge is 2.21. The topological polar surface area (TPSA) is 19.6 Å². The third kappa shape index (κ3) is 5.89. The molecule has 0 spiro atoms. The molecule has 3 heteroatoms. The molecule has 0 saturated carbocycles. The molecule has 0 atom stereocenters. The fraction of sp³-hybridized carbons (Fsp3) is 0. The average Bonchev–Trinajstić information content (AvgIpc) is 3.65. The highest BCUT2D eigenvalue weighted by Crippen LogP contribution is 2.45. The monoisotopic (exact) mass is 704 g/mol. The Morgan fingerprint density at radius 3 is 1.55 bits per heavy atom. The molecule has 0 saturated heterocycles. The van der Waals surface area contributed by atoms with Crippen LogP contribution in [0.25, 0.3) is 55.0 Å². The minimum Gasteiger partial charge on any atom is -0.456 e. The first kappa shape index (κ1) is 32.3. The number of hydrogen-bond donors (Lipinski definition) is 0. The van der Waals surface area contributed by atoms with Crippen molar-refractivity contribution in [2.24, 2.45) is 0 Å². The fourth-order valence-corrected chi connectivity index (χ4v) is 7.98. The average molecular weight is 705 g/mol. The minimum absolute atomic E-state index is 0.895. The van der Waals surface area contributed by atoms with Gasteiger partial charge in [0.1, 0.15) is 11.2 Å². The van der Waals surface area contributed by atoms with Crippen molar-refractivity contribution in [3.05, 3.63) is 218 Å². The molecule has 1 heterocycles. The number of rotatable bonds is 8. The largest absolute Gasteiger partial charge is 0.456 e. The van der Waals surface area contributed by atoms with E-state index in [2.05, 4.69) is 216 Å². The summed E-state index contributed by atoms with van der Waals surface area (Å²) < 4.78 is 6.30. The van der Waals surface area contributed by atoms with Crippen molar-refractivity contribution < 1.29 is 4.42 Å². The Hall–Kier alpha value is -7.36.